The largest absolute Gasteiger partial charge is 0.340 e. The molecule has 3 aromatic rings. The van der Waals surface area contributed by atoms with E-state index in [9.17, 15) is 0 Å². The quantitative estimate of drug-likeness (QED) is 0.799. The SMILES string of the molecule is Cc1nn(C)c(C)c1-c1cc(Nc2ccccc2)ncn1. The van der Waals surface area contributed by atoms with E-state index in [0.29, 0.717) is 0 Å². The summed E-state index contributed by atoms with van der Waals surface area (Å²) >= 11 is 0. The van der Waals surface area contributed by atoms with E-state index in [-0.39, 0.29) is 0 Å². The summed E-state index contributed by atoms with van der Waals surface area (Å²) in [4.78, 5) is 8.66. The Bertz CT molecular complexity index is 762. The molecule has 0 saturated heterocycles. The van der Waals surface area contributed by atoms with Gasteiger partial charge in [-0.2, -0.15) is 5.10 Å². The third-order valence-corrected chi connectivity index (χ3v) is 3.48. The summed E-state index contributed by atoms with van der Waals surface area (Å²) in [5, 5.41) is 7.72. The summed E-state index contributed by atoms with van der Waals surface area (Å²) in [5.74, 6) is 0.772. The van der Waals surface area contributed by atoms with E-state index in [1.54, 1.807) is 6.33 Å². The monoisotopic (exact) mass is 279 g/mol. The van der Waals surface area contributed by atoms with Gasteiger partial charge < -0.3 is 5.32 Å². The molecule has 0 radical (unpaired) electrons. The fourth-order valence-electron chi connectivity index (χ4n) is 2.38. The van der Waals surface area contributed by atoms with Crippen molar-refractivity contribution in [1.82, 2.24) is 19.7 Å². The van der Waals surface area contributed by atoms with Gasteiger partial charge in [0, 0.05) is 30.1 Å². The predicted molar refractivity (Wildman–Crippen MR) is 83.4 cm³/mol. The Morgan fingerprint density at radius 2 is 1.81 bits per heavy atom. The van der Waals surface area contributed by atoms with Crippen molar-refractivity contribution in [1.29, 1.82) is 0 Å². The number of nitrogens with zero attached hydrogens (tertiary/aromatic N) is 4. The van der Waals surface area contributed by atoms with Gasteiger partial charge in [-0.3, -0.25) is 4.68 Å². The Balaban J connectivity index is 1.97. The molecule has 0 saturated carbocycles. The Morgan fingerprint density at radius 1 is 1.05 bits per heavy atom. The molecule has 0 fully saturated rings. The van der Waals surface area contributed by atoms with Crippen LogP contribution in [0.15, 0.2) is 42.7 Å². The average Bonchev–Trinajstić information content (AvgIpc) is 2.73. The summed E-state index contributed by atoms with van der Waals surface area (Å²) < 4.78 is 1.87. The Morgan fingerprint density at radius 3 is 2.48 bits per heavy atom. The maximum Gasteiger partial charge on any atom is 0.134 e. The Labute approximate surface area is 123 Å². The normalized spacial score (nSPS) is 10.6. The lowest BCUT2D eigenvalue weighted by Gasteiger charge is -2.07. The molecule has 3 rings (SSSR count). The number of aryl methyl sites for hydroxylation is 2. The minimum absolute atomic E-state index is 0.772. The Hall–Kier alpha value is -2.69. The van der Waals surface area contributed by atoms with E-state index in [1.165, 1.54) is 0 Å². The van der Waals surface area contributed by atoms with Crippen LogP contribution in [0, 0.1) is 13.8 Å². The van der Waals surface area contributed by atoms with Crippen LogP contribution in [0.5, 0.6) is 0 Å². The molecule has 0 spiro atoms. The zero-order valence-corrected chi connectivity index (χ0v) is 12.3. The fraction of sp³-hybridized carbons (Fsp3) is 0.188. The second kappa shape index (κ2) is 5.36. The molecule has 2 aromatic heterocycles. The summed E-state index contributed by atoms with van der Waals surface area (Å²) in [6, 6.07) is 11.9. The summed E-state index contributed by atoms with van der Waals surface area (Å²) in [6.45, 7) is 4.04. The molecule has 5 nitrogen and oxygen atoms in total. The van der Waals surface area contributed by atoms with Crippen molar-refractivity contribution < 1.29 is 0 Å². The minimum Gasteiger partial charge on any atom is -0.340 e. The van der Waals surface area contributed by atoms with E-state index in [4.69, 9.17) is 0 Å². The van der Waals surface area contributed by atoms with Crippen LogP contribution >= 0.6 is 0 Å². The number of aromatic nitrogens is 4. The van der Waals surface area contributed by atoms with Gasteiger partial charge >= 0.3 is 0 Å². The maximum atomic E-state index is 4.44. The molecular formula is C16H17N5. The first-order chi connectivity index (χ1) is 10.1. The van der Waals surface area contributed by atoms with Gasteiger partial charge in [0.15, 0.2) is 0 Å². The van der Waals surface area contributed by atoms with E-state index >= 15 is 0 Å². The molecule has 0 unspecified atom stereocenters. The third kappa shape index (κ3) is 2.63. The van der Waals surface area contributed by atoms with E-state index < -0.39 is 0 Å². The molecule has 0 aliphatic heterocycles. The van der Waals surface area contributed by atoms with E-state index in [0.717, 1.165) is 34.2 Å². The first kappa shape index (κ1) is 13.3. The van der Waals surface area contributed by atoms with Crippen LogP contribution in [0.25, 0.3) is 11.3 Å². The molecular weight excluding hydrogens is 262 g/mol. The van der Waals surface area contributed by atoms with E-state index in [1.807, 2.05) is 62.0 Å². The number of anilines is 2. The molecule has 0 bridgehead atoms. The highest BCUT2D eigenvalue weighted by Crippen LogP contribution is 2.26. The number of benzene rings is 1. The number of hydrogen-bond acceptors (Lipinski definition) is 4. The lowest BCUT2D eigenvalue weighted by Crippen LogP contribution is -1.96. The topological polar surface area (TPSA) is 55.6 Å². The number of para-hydroxylation sites is 1. The zero-order chi connectivity index (χ0) is 14.8. The number of nitrogens with one attached hydrogen (secondary N) is 1. The van der Waals surface area contributed by atoms with Crippen LogP contribution in [-0.2, 0) is 7.05 Å². The predicted octanol–water partition coefficient (Wildman–Crippen LogP) is 3.24. The molecule has 0 atom stereocenters. The molecule has 1 N–H and O–H groups in total. The lowest BCUT2D eigenvalue weighted by atomic mass is 10.1. The lowest BCUT2D eigenvalue weighted by molar-refractivity contribution is 0.731. The maximum absolute atomic E-state index is 4.44. The van der Waals surface area contributed by atoms with E-state index in [2.05, 4.69) is 20.4 Å². The van der Waals surface area contributed by atoms with Crippen molar-refractivity contribution in [2.45, 2.75) is 13.8 Å². The second-order valence-corrected chi connectivity index (χ2v) is 4.95. The van der Waals surface area contributed by atoms with Gasteiger partial charge in [0.1, 0.15) is 12.1 Å². The number of rotatable bonds is 3. The van der Waals surface area contributed by atoms with Gasteiger partial charge in [-0.1, -0.05) is 18.2 Å². The summed E-state index contributed by atoms with van der Waals surface area (Å²) in [6.07, 6.45) is 1.58. The zero-order valence-electron chi connectivity index (χ0n) is 12.3. The third-order valence-electron chi connectivity index (χ3n) is 3.48. The highest BCUT2D eigenvalue weighted by Gasteiger charge is 2.13. The fourth-order valence-corrected chi connectivity index (χ4v) is 2.38. The van der Waals surface area contributed by atoms with Crippen molar-refractivity contribution in [2.24, 2.45) is 7.05 Å². The molecule has 0 aliphatic carbocycles. The van der Waals surface area contributed by atoms with Gasteiger partial charge in [-0.25, -0.2) is 9.97 Å². The van der Waals surface area contributed by atoms with Gasteiger partial charge in [0.25, 0.3) is 0 Å². The molecule has 21 heavy (non-hydrogen) atoms. The van der Waals surface area contributed by atoms with Crippen LogP contribution in [0.1, 0.15) is 11.4 Å². The minimum atomic E-state index is 0.772. The molecule has 2 heterocycles. The highest BCUT2D eigenvalue weighted by molar-refractivity contribution is 5.68. The average molecular weight is 279 g/mol. The van der Waals surface area contributed by atoms with Crippen LogP contribution < -0.4 is 5.32 Å². The van der Waals surface area contributed by atoms with Crippen LogP contribution in [-0.4, -0.2) is 19.7 Å². The smallest absolute Gasteiger partial charge is 0.134 e. The first-order valence-electron chi connectivity index (χ1n) is 6.80. The number of hydrogen-bond donors (Lipinski definition) is 1. The van der Waals surface area contributed by atoms with Crippen LogP contribution in [0.4, 0.5) is 11.5 Å². The van der Waals surface area contributed by atoms with Gasteiger partial charge in [-0.05, 0) is 26.0 Å². The van der Waals surface area contributed by atoms with Gasteiger partial charge in [0.2, 0.25) is 0 Å². The van der Waals surface area contributed by atoms with Crippen molar-refractivity contribution >= 4 is 11.5 Å². The first-order valence-corrected chi connectivity index (χ1v) is 6.80. The molecule has 106 valence electrons. The Kier molecular flexibility index (Phi) is 3.39. The van der Waals surface area contributed by atoms with Gasteiger partial charge in [-0.15, -0.1) is 0 Å². The summed E-state index contributed by atoms with van der Waals surface area (Å²) in [5.41, 5.74) is 5.01. The molecule has 5 heteroatoms. The highest BCUT2D eigenvalue weighted by atomic mass is 15.3. The molecule has 0 amide bonds. The van der Waals surface area contributed by atoms with Crippen molar-refractivity contribution in [3.05, 3.63) is 54.1 Å². The standard InChI is InChI=1S/C16H17N5/c1-11-16(12(2)21(3)20-11)14-9-15(18-10-17-14)19-13-7-5-4-6-8-13/h4-10H,1-3H3,(H,17,18,19). The van der Waals surface area contributed by atoms with Crippen LogP contribution in [0.3, 0.4) is 0 Å². The van der Waals surface area contributed by atoms with Crippen molar-refractivity contribution in [2.75, 3.05) is 5.32 Å². The van der Waals surface area contributed by atoms with Gasteiger partial charge in [0.05, 0.1) is 11.4 Å². The van der Waals surface area contributed by atoms with Crippen molar-refractivity contribution in [3.63, 3.8) is 0 Å². The van der Waals surface area contributed by atoms with Crippen molar-refractivity contribution in [3.8, 4) is 11.3 Å². The van der Waals surface area contributed by atoms with Crippen LogP contribution in [0.2, 0.25) is 0 Å². The second-order valence-electron chi connectivity index (χ2n) is 4.95. The molecule has 1 aromatic carbocycles. The summed E-state index contributed by atoms with van der Waals surface area (Å²) in [7, 11) is 1.94. The molecule has 0 aliphatic rings.